The normalized spacial score (nSPS) is 10.5. The van der Waals surface area contributed by atoms with Gasteiger partial charge in [-0.15, -0.1) is 0 Å². The molecule has 1 aromatic heterocycles. The van der Waals surface area contributed by atoms with E-state index in [1.807, 2.05) is 12.1 Å². The third kappa shape index (κ3) is 2.68. The van der Waals surface area contributed by atoms with E-state index < -0.39 is 0 Å². The highest BCUT2D eigenvalue weighted by Crippen LogP contribution is 2.19. The molecule has 17 heavy (non-hydrogen) atoms. The monoisotopic (exact) mass is 231 g/mol. The van der Waals surface area contributed by atoms with Crippen molar-refractivity contribution < 1.29 is 9.52 Å². The predicted octanol–water partition coefficient (Wildman–Crippen LogP) is 3.00. The molecule has 0 saturated carbocycles. The first-order valence-electron chi connectivity index (χ1n) is 5.69. The molecule has 3 heteroatoms. The molecule has 0 amide bonds. The van der Waals surface area contributed by atoms with Crippen molar-refractivity contribution in [2.45, 2.75) is 27.0 Å². The standard InChI is InChI=1S/C14H17NO2/c1-10-4-3-5-14(11(10)2)15-8-12-6-7-13(9-16)17-12/h3-7,15-16H,8-9H2,1-2H3. The molecule has 0 aliphatic carbocycles. The molecule has 1 heterocycles. The van der Waals surface area contributed by atoms with Crippen LogP contribution < -0.4 is 5.32 Å². The molecule has 0 aliphatic heterocycles. The van der Waals surface area contributed by atoms with E-state index in [4.69, 9.17) is 9.52 Å². The minimum atomic E-state index is -0.0521. The first-order chi connectivity index (χ1) is 8.20. The van der Waals surface area contributed by atoms with Crippen LogP contribution in [0.5, 0.6) is 0 Å². The highest BCUT2D eigenvalue weighted by Gasteiger charge is 2.03. The summed E-state index contributed by atoms with van der Waals surface area (Å²) in [4.78, 5) is 0. The third-order valence-electron chi connectivity index (χ3n) is 2.93. The van der Waals surface area contributed by atoms with Crippen molar-refractivity contribution in [2.75, 3.05) is 5.32 Å². The largest absolute Gasteiger partial charge is 0.462 e. The van der Waals surface area contributed by atoms with Crippen LogP contribution in [-0.2, 0) is 13.2 Å². The molecule has 0 fully saturated rings. The highest BCUT2D eigenvalue weighted by molar-refractivity contribution is 5.53. The van der Waals surface area contributed by atoms with E-state index in [2.05, 4.69) is 31.3 Å². The van der Waals surface area contributed by atoms with Crippen molar-refractivity contribution in [1.82, 2.24) is 0 Å². The molecule has 0 saturated heterocycles. The van der Waals surface area contributed by atoms with Gasteiger partial charge in [-0.25, -0.2) is 0 Å². The molecule has 90 valence electrons. The van der Waals surface area contributed by atoms with Gasteiger partial charge in [0.15, 0.2) is 0 Å². The van der Waals surface area contributed by atoms with Gasteiger partial charge in [-0.2, -0.15) is 0 Å². The Morgan fingerprint density at radius 3 is 2.59 bits per heavy atom. The first-order valence-corrected chi connectivity index (χ1v) is 5.69. The zero-order valence-electron chi connectivity index (χ0n) is 10.2. The topological polar surface area (TPSA) is 45.4 Å². The maximum absolute atomic E-state index is 8.90. The molecule has 0 bridgehead atoms. The van der Waals surface area contributed by atoms with Crippen molar-refractivity contribution in [2.24, 2.45) is 0 Å². The molecule has 0 unspecified atom stereocenters. The number of hydrogen-bond donors (Lipinski definition) is 2. The Morgan fingerprint density at radius 1 is 1.12 bits per heavy atom. The fraction of sp³-hybridized carbons (Fsp3) is 0.286. The lowest BCUT2D eigenvalue weighted by Gasteiger charge is -2.10. The Labute approximate surface area is 101 Å². The summed E-state index contributed by atoms with van der Waals surface area (Å²) in [5.74, 6) is 1.43. The Balaban J connectivity index is 2.04. The molecule has 1 aromatic carbocycles. The molecule has 2 rings (SSSR count). The quantitative estimate of drug-likeness (QED) is 0.850. The number of rotatable bonds is 4. The van der Waals surface area contributed by atoms with Crippen molar-refractivity contribution in [1.29, 1.82) is 0 Å². The molecule has 3 nitrogen and oxygen atoms in total. The molecule has 2 aromatic rings. The van der Waals surface area contributed by atoms with Gasteiger partial charge in [0.2, 0.25) is 0 Å². The fourth-order valence-corrected chi connectivity index (χ4v) is 1.73. The van der Waals surface area contributed by atoms with Crippen molar-refractivity contribution >= 4 is 5.69 Å². The summed E-state index contributed by atoms with van der Waals surface area (Å²) in [6, 6.07) is 9.85. The number of nitrogens with one attached hydrogen (secondary N) is 1. The van der Waals surface area contributed by atoms with Gasteiger partial charge in [0.25, 0.3) is 0 Å². The zero-order valence-corrected chi connectivity index (χ0v) is 10.2. The van der Waals surface area contributed by atoms with Gasteiger partial charge in [0.1, 0.15) is 18.1 Å². The van der Waals surface area contributed by atoms with Gasteiger partial charge in [-0.1, -0.05) is 12.1 Å². The van der Waals surface area contributed by atoms with Crippen LogP contribution in [0.3, 0.4) is 0 Å². The van der Waals surface area contributed by atoms with E-state index >= 15 is 0 Å². The molecule has 0 radical (unpaired) electrons. The fourth-order valence-electron chi connectivity index (χ4n) is 1.73. The van der Waals surface area contributed by atoms with Crippen LogP contribution >= 0.6 is 0 Å². The number of aryl methyl sites for hydroxylation is 1. The van der Waals surface area contributed by atoms with Gasteiger partial charge in [-0.3, -0.25) is 0 Å². The predicted molar refractivity (Wildman–Crippen MR) is 67.9 cm³/mol. The van der Waals surface area contributed by atoms with Crippen molar-refractivity contribution in [3.8, 4) is 0 Å². The van der Waals surface area contributed by atoms with Gasteiger partial charge < -0.3 is 14.8 Å². The molecule has 0 aliphatic rings. The number of anilines is 1. The molecule has 2 N–H and O–H groups in total. The maximum atomic E-state index is 8.90. The van der Waals surface area contributed by atoms with Crippen molar-refractivity contribution in [3.63, 3.8) is 0 Å². The molecular weight excluding hydrogens is 214 g/mol. The summed E-state index contributed by atoms with van der Waals surface area (Å²) < 4.78 is 5.41. The second-order valence-corrected chi connectivity index (χ2v) is 4.13. The zero-order chi connectivity index (χ0) is 12.3. The minimum absolute atomic E-state index is 0.0521. The van der Waals surface area contributed by atoms with Gasteiger partial charge >= 0.3 is 0 Å². The number of hydrogen-bond acceptors (Lipinski definition) is 3. The van der Waals surface area contributed by atoms with Crippen LogP contribution in [0.25, 0.3) is 0 Å². The van der Waals surface area contributed by atoms with Crippen LogP contribution in [0, 0.1) is 13.8 Å². The van der Waals surface area contributed by atoms with Crippen LogP contribution in [0.2, 0.25) is 0 Å². The van der Waals surface area contributed by atoms with Gasteiger partial charge in [-0.05, 0) is 43.2 Å². The smallest absolute Gasteiger partial charge is 0.129 e. The molecule has 0 atom stereocenters. The van der Waals surface area contributed by atoms with Crippen LogP contribution in [0.1, 0.15) is 22.6 Å². The summed E-state index contributed by atoms with van der Waals surface area (Å²) in [5, 5.41) is 12.2. The second-order valence-electron chi connectivity index (χ2n) is 4.13. The van der Waals surface area contributed by atoms with E-state index in [9.17, 15) is 0 Å². The van der Waals surface area contributed by atoms with Crippen LogP contribution in [0.4, 0.5) is 5.69 Å². The second kappa shape index (κ2) is 5.06. The lowest BCUT2D eigenvalue weighted by Crippen LogP contribution is -2.00. The first kappa shape index (κ1) is 11.7. The Bertz CT molecular complexity index is 503. The van der Waals surface area contributed by atoms with Gasteiger partial charge in [0, 0.05) is 5.69 Å². The Kier molecular flexibility index (Phi) is 3.49. The van der Waals surface area contributed by atoms with E-state index in [-0.39, 0.29) is 6.61 Å². The molecule has 0 spiro atoms. The third-order valence-corrected chi connectivity index (χ3v) is 2.93. The summed E-state index contributed by atoms with van der Waals surface area (Å²) in [7, 11) is 0. The van der Waals surface area contributed by atoms with Crippen molar-refractivity contribution in [3.05, 3.63) is 53.0 Å². The summed E-state index contributed by atoms with van der Waals surface area (Å²) >= 11 is 0. The molecular formula is C14H17NO2. The van der Waals surface area contributed by atoms with Gasteiger partial charge in [0.05, 0.1) is 6.54 Å². The van der Waals surface area contributed by atoms with E-state index in [1.54, 1.807) is 6.07 Å². The lowest BCUT2D eigenvalue weighted by atomic mass is 10.1. The Hall–Kier alpha value is -1.74. The SMILES string of the molecule is Cc1cccc(NCc2ccc(CO)o2)c1C. The summed E-state index contributed by atoms with van der Waals surface area (Å²) in [6.07, 6.45) is 0. The van der Waals surface area contributed by atoms with Crippen LogP contribution in [0.15, 0.2) is 34.7 Å². The summed E-state index contributed by atoms with van der Waals surface area (Å²) in [5.41, 5.74) is 3.64. The van der Waals surface area contributed by atoms with E-state index in [0.29, 0.717) is 12.3 Å². The Morgan fingerprint density at radius 2 is 1.88 bits per heavy atom. The average Bonchev–Trinajstić information content (AvgIpc) is 2.79. The minimum Gasteiger partial charge on any atom is -0.462 e. The maximum Gasteiger partial charge on any atom is 0.129 e. The number of benzene rings is 1. The van der Waals surface area contributed by atoms with E-state index in [0.717, 1.165) is 11.4 Å². The lowest BCUT2D eigenvalue weighted by molar-refractivity contribution is 0.244. The summed E-state index contributed by atoms with van der Waals surface area (Å²) in [6.45, 7) is 4.77. The number of furan rings is 1. The average molecular weight is 231 g/mol. The highest BCUT2D eigenvalue weighted by atomic mass is 16.4. The number of aliphatic hydroxyl groups is 1. The van der Waals surface area contributed by atoms with Crippen LogP contribution in [-0.4, -0.2) is 5.11 Å². The van der Waals surface area contributed by atoms with E-state index in [1.165, 1.54) is 11.1 Å². The number of aliphatic hydroxyl groups excluding tert-OH is 1.